The van der Waals surface area contributed by atoms with Crippen molar-refractivity contribution in [2.24, 2.45) is 11.3 Å². The summed E-state index contributed by atoms with van der Waals surface area (Å²) in [7, 11) is 0. The van der Waals surface area contributed by atoms with Crippen molar-refractivity contribution in [2.75, 3.05) is 18.4 Å². The van der Waals surface area contributed by atoms with E-state index < -0.39 is 11.6 Å². The fourth-order valence-corrected chi connectivity index (χ4v) is 4.60. The molecule has 1 N–H and O–H groups in total. The Labute approximate surface area is 164 Å². The Balaban J connectivity index is 1.31. The van der Waals surface area contributed by atoms with Gasteiger partial charge in [-0.15, -0.1) is 0 Å². The van der Waals surface area contributed by atoms with Gasteiger partial charge in [0, 0.05) is 18.2 Å². The Bertz CT molecular complexity index is 883. The molecule has 1 amide bonds. The molecule has 2 aliphatic rings. The van der Waals surface area contributed by atoms with Crippen molar-refractivity contribution in [1.29, 1.82) is 0 Å². The Morgan fingerprint density at radius 2 is 1.75 bits per heavy atom. The molecule has 1 aliphatic carbocycles. The molecule has 1 heterocycles. The van der Waals surface area contributed by atoms with E-state index in [4.69, 9.17) is 0 Å². The standard InChI is InChI=1S/C23H26F2N2O/c1-15-9-16(2)11-18(10-15)26-22(28)19-13-23(19)5-7-27(8-6-23)14-17-3-4-20(24)21(25)12-17/h3-4,9-12,19H,5-8,13-14H2,1-2H3,(H,26,28). The van der Waals surface area contributed by atoms with E-state index >= 15 is 0 Å². The molecule has 28 heavy (non-hydrogen) atoms. The lowest BCUT2D eigenvalue weighted by molar-refractivity contribution is -0.118. The number of hydrogen-bond acceptors (Lipinski definition) is 2. The van der Waals surface area contributed by atoms with E-state index in [1.165, 1.54) is 12.1 Å². The molecule has 1 spiro atoms. The molecular formula is C23H26F2N2O. The normalized spacial score (nSPS) is 20.9. The van der Waals surface area contributed by atoms with Gasteiger partial charge in [0.25, 0.3) is 0 Å². The number of halogens is 2. The highest BCUT2D eigenvalue weighted by Gasteiger charge is 2.58. The first-order valence-electron chi connectivity index (χ1n) is 9.90. The molecule has 1 saturated carbocycles. The monoisotopic (exact) mass is 384 g/mol. The third-order valence-electron chi connectivity index (χ3n) is 6.24. The molecule has 2 aromatic rings. The van der Waals surface area contributed by atoms with Gasteiger partial charge >= 0.3 is 0 Å². The van der Waals surface area contributed by atoms with Gasteiger partial charge in [0.15, 0.2) is 11.6 Å². The fraction of sp³-hybridized carbons (Fsp3) is 0.435. The van der Waals surface area contributed by atoms with Crippen LogP contribution in [0.5, 0.6) is 0 Å². The van der Waals surface area contributed by atoms with Crippen molar-refractivity contribution in [3.63, 3.8) is 0 Å². The number of hydrogen-bond donors (Lipinski definition) is 1. The summed E-state index contributed by atoms with van der Waals surface area (Å²) < 4.78 is 26.5. The Hall–Kier alpha value is -2.27. The number of anilines is 1. The molecule has 3 nitrogen and oxygen atoms in total. The lowest BCUT2D eigenvalue weighted by atomic mass is 9.90. The first kappa shape index (κ1) is 19.1. The van der Waals surface area contributed by atoms with Gasteiger partial charge in [-0.1, -0.05) is 12.1 Å². The smallest absolute Gasteiger partial charge is 0.228 e. The van der Waals surface area contributed by atoms with Gasteiger partial charge in [0.1, 0.15) is 0 Å². The molecule has 5 heteroatoms. The van der Waals surface area contributed by atoms with E-state index in [0.29, 0.717) is 6.54 Å². The number of amides is 1. The minimum Gasteiger partial charge on any atom is -0.326 e. The zero-order valence-corrected chi connectivity index (χ0v) is 16.4. The second-order valence-electron chi connectivity index (χ2n) is 8.51. The van der Waals surface area contributed by atoms with Gasteiger partial charge in [-0.3, -0.25) is 9.69 Å². The van der Waals surface area contributed by atoms with Crippen molar-refractivity contribution in [3.8, 4) is 0 Å². The first-order chi connectivity index (χ1) is 13.3. The predicted octanol–water partition coefficient (Wildman–Crippen LogP) is 4.82. The van der Waals surface area contributed by atoms with Crippen LogP contribution in [0.1, 0.15) is 36.0 Å². The maximum absolute atomic E-state index is 13.4. The SMILES string of the molecule is Cc1cc(C)cc(NC(=O)C2CC23CCN(Cc2ccc(F)c(F)c2)CC3)c1. The zero-order valence-electron chi connectivity index (χ0n) is 16.4. The van der Waals surface area contributed by atoms with Crippen LogP contribution in [-0.4, -0.2) is 23.9 Å². The zero-order chi connectivity index (χ0) is 19.9. The number of piperidine rings is 1. The topological polar surface area (TPSA) is 32.3 Å². The fourth-order valence-electron chi connectivity index (χ4n) is 4.60. The van der Waals surface area contributed by atoms with Crippen LogP contribution in [0.4, 0.5) is 14.5 Å². The van der Waals surface area contributed by atoms with E-state index in [-0.39, 0.29) is 17.2 Å². The minimum atomic E-state index is -0.808. The van der Waals surface area contributed by atoms with E-state index in [2.05, 4.69) is 16.3 Å². The largest absolute Gasteiger partial charge is 0.326 e. The quantitative estimate of drug-likeness (QED) is 0.819. The van der Waals surface area contributed by atoms with Crippen LogP contribution >= 0.6 is 0 Å². The average molecular weight is 384 g/mol. The summed E-state index contributed by atoms with van der Waals surface area (Å²) >= 11 is 0. The number of rotatable bonds is 4. The third-order valence-corrected chi connectivity index (χ3v) is 6.24. The highest BCUT2D eigenvalue weighted by Crippen LogP contribution is 2.59. The van der Waals surface area contributed by atoms with Crippen molar-refractivity contribution < 1.29 is 13.6 Å². The molecule has 2 fully saturated rings. The number of likely N-dealkylation sites (tertiary alicyclic amines) is 1. The van der Waals surface area contributed by atoms with Crippen LogP contribution in [0.2, 0.25) is 0 Å². The molecule has 2 aromatic carbocycles. The molecule has 0 bridgehead atoms. The molecule has 0 aromatic heterocycles. The van der Waals surface area contributed by atoms with Gasteiger partial charge in [0.05, 0.1) is 0 Å². The van der Waals surface area contributed by atoms with Crippen LogP contribution in [0.3, 0.4) is 0 Å². The first-order valence-corrected chi connectivity index (χ1v) is 9.90. The van der Waals surface area contributed by atoms with Crippen molar-refractivity contribution in [2.45, 2.75) is 39.7 Å². The highest BCUT2D eigenvalue weighted by atomic mass is 19.2. The summed E-state index contributed by atoms with van der Waals surface area (Å²) in [6.07, 6.45) is 2.89. The summed E-state index contributed by atoms with van der Waals surface area (Å²) in [4.78, 5) is 15.0. The van der Waals surface area contributed by atoms with Crippen LogP contribution < -0.4 is 5.32 Å². The summed E-state index contributed by atoms with van der Waals surface area (Å²) in [5.74, 6) is -1.40. The van der Waals surface area contributed by atoms with Crippen LogP contribution in [0, 0.1) is 36.8 Å². The van der Waals surface area contributed by atoms with Crippen LogP contribution in [-0.2, 0) is 11.3 Å². The Morgan fingerprint density at radius 3 is 2.39 bits per heavy atom. The van der Waals surface area contributed by atoms with Gasteiger partial charge in [-0.25, -0.2) is 8.78 Å². The summed E-state index contributed by atoms with van der Waals surface area (Å²) in [6, 6.07) is 10.2. The maximum Gasteiger partial charge on any atom is 0.228 e. The van der Waals surface area contributed by atoms with E-state index in [1.54, 1.807) is 6.07 Å². The highest BCUT2D eigenvalue weighted by molar-refractivity contribution is 5.95. The number of carbonyl (C=O) groups excluding carboxylic acids is 1. The molecular weight excluding hydrogens is 358 g/mol. The third kappa shape index (κ3) is 3.95. The molecule has 1 atom stereocenters. The van der Waals surface area contributed by atoms with Crippen molar-refractivity contribution in [1.82, 2.24) is 4.90 Å². The molecule has 1 unspecified atom stereocenters. The second-order valence-corrected chi connectivity index (χ2v) is 8.51. The Morgan fingerprint density at radius 1 is 1.07 bits per heavy atom. The maximum atomic E-state index is 13.4. The lowest BCUT2D eigenvalue weighted by Gasteiger charge is -2.32. The lowest BCUT2D eigenvalue weighted by Crippen LogP contribution is -2.35. The van der Waals surface area contributed by atoms with Crippen molar-refractivity contribution in [3.05, 3.63) is 64.7 Å². The predicted molar refractivity (Wildman–Crippen MR) is 106 cm³/mol. The van der Waals surface area contributed by atoms with Gasteiger partial charge in [-0.2, -0.15) is 0 Å². The van der Waals surface area contributed by atoms with Gasteiger partial charge in [0.2, 0.25) is 5.91 Å². The molecule has 1 saturated heterocycles. The molecule has 0 radical (unpaired) electrons. The van der Waals surface area contributed by atoms with E-state index in [9.17, 15) is 13.6 Å². The number of benzene rings is 2. The minimum absolute atomic E-state index is 0.0822. The molecule has 1 aliphatic heterocycles. The van der Waals surface area contributed by atoms with Gasteiger partial charge in [-0.05, 0) is 92.6 Å². The Kier molecular flexibility index (Phi) is 4.96. The van der Waals surface area contributed by atoms with Crippen LogP contribution in [0.15, 0.2) is 36.4 Å². The average Bonchev–Trinajstić information content (AvgIpc) is 3.33. The van der Waals surface area contributed by atoms with E-state index in [0.717, 1.165) is 54.7 Å². The number of nitrogens with one attached hydrogen (secondary N) is 1. The number of carbonyl (C=O) groups is 1. The summed E-state index contributed by atoms with van der Waals surface area (Å²) in [5, 5.41) is 3.09. The number of aryl methyl sites for hydroxylation is 2. The van der Waals surface area contributed by atoms with Crippen molar-refractivity contribution >= 4 is 11.6 Å². The van der Waals surface area contributed by atoms with Crippen LogP contribution in [0.25, 0.3) is 0 Å². The molecule has 148 valence electrons. The number of nitrogens with zero attached hydrogens (tertiary/aromatic N) is 1. The summed E-state index contributed by atoms with van der Waals surface area (Å²) in [5.41, 5.74) is 4.07. The second kappa shape index (κ2) is 7.28. The molecule has 4 rings (SSSR count). The van der Waals surface area contributed by atoms with E-state index in [1.807, 2.05) is 26.0 Å². The summed E-state index contributed by atoms with van der Waals surface area (Å²) in [6.45, 7) is 6.44. The van der Waals surface area contributed by atoms with Gasteiger partial charge < -0.3 is 5.32 Å².